The third-order valence-electron chi connectivity index (χ3n) is 4.13. The summed E-state index contributed by atoms with van der Waals surface area (Å²) in [5, 5.41) is 9.79. The van der Waals surface area contributed by atoms with Crippen molar-refractivity contribution in [2.75, 3.05) is 18.4 Å². The minimum atomic E-state index is -3.88. The van der Waals surface area contributed by atoms with Crippen molar-refractivity contribution in [3.8, 4) is 22.9 Å². The minimum absolute atomic E-state index is 0.0156. The average molecular weight is 445 g/mol. The molecule has 1 aromatic carbocycles. The summed E-state index contributed by atoms with van der Waals surface area (Å²) in [6.45, 7) is 5.08. The number of hydrogen-bond acceptors (Lipinski definition) is 8. The molecule has 0 unspecified atom stereocenters. The standard InChI is InChI=1S/C21H24N4O5S/c1-14-19(25-31(27,28)17-6-5-11-22-12-17)24-18(20(23-14)29-4)15-7-9-16(10-8-15)30-13-21(2,3)26/h5-12,26H,13H2,1-4H3,(H,24,25). The molecule has 9 nitrogen and oxygen atoms in total. The lowest BCUT2D eigenvalue weighted by Gasteiger charge is -2.18. The van der Waals surface area contributed by atoms with Gasteiger partial charge in [0.25, 0.3) is 10.0 Å². The number of ether oxygens (including phenoxy) is 2. The fourth-order valence-corrected chi connectivity index (χ4v) is 3.61. The predicted octanol–water partition coefficient (Wildman–Crippen LogP) is 2.81. The van der Waals surface area contributed by atoms with Gasteiger partial charge in [0.15, 0.2) is 5.82 Å². The van der Waals surface area contributed by atoms with Gasteiger partial charge in [0, 0.05) is 18.0 Å². The summed E-state index contributed by atoms with van der Waals surface area (Å²) < 4.78 is 38.7. The second-order valence-electron chi connectivity index (χ2n) is 7.44. The molecule has 10 heteroatoms. The molecule has 0 aliphatic carbocycles. The van der Waals surface area contributed by atoms with Crippen molar-refractivity contribution in [2.45, 2.75) is 31.3 Å². The zero-order valence-electron chi connectivity index (χ0n) is 17.7. The number of benzene rings is 1. The summed E-state index contributed by atoms with van der Waals surface area (Å²) in [7, 11) is -2.42. The van der Waals surface area contributed by atoms with Crippen LogP contribution in [0.15, 0.2) is 53.7 Å². The molecule has 2 aromatic heterocycles. The Kier molecular flexibility index (Phi) is 6.42. The zero-order chi connectivity index (χ0) is 22.6. The predicted molar refractivity (Wildman–Crippen MR) is 116 cm³/mol. The monoisotopic (exact) mass is 444 g/mol. The number of nitrogens with one attached hydrogen (secondary N) is 1. The Hall–Kier alpha value is -3.24. The fraction of sp³-hybridized carbons (Fsp3) is 0.286. The van der Waals surface area contributed by atoms with Gasteiger partial charge >= 0.3 is 0 Å². The van der Waals surface area contributed by atoms with Crippen LogP contribution in [0.25, 0.3) is 11.3 Å². The van der Waals surface area contributed by atoms with Crippen LogP contribution in [0.1, 0.15) is 19.5 Å². The van der Waals surface area contributed by atoms with Gasteiger partial charge in [-0.2, -0.15) is 0 Å². The molecule has 31 heavy (non-hydrogen) atoms. The highest BCUT2D eigenvalue weighted by atomic mass is 32.2. The van der Waals surface area contributed by atoms with Crippen LogP contribution in [0, 0.1) is 6.92 Å². The van der Waals surface area contributed by atoms with E-state index in [1.807, 2.05) is 0 Å². The lowest BCUT2D eigenvalue weighted by molar-refractivity contribution is 0.0285. The van der Waals surface area contributed by atoms with Gasteiger partial charge in [0.1, 0.15) is 22.9 Å². The molecule has 0 saturated heterocycles. The molecule has 2 heterocycles. The molecule has 0 aliphatic rings. The second-order valence-corrected chi connectivity index (χ2v) is 9.12. The molecule has 3 rings (SSSR count). The van der Waals surface area contributed by atoms with Crippen molar-refractivity contribution >= 4 is 15.8 Å². The van der Waals surface area contributed by atoms with Crippen molar-refractivity contribution in [3.05, 3.63) is 54.5 Å². The first-order valence-electron chi connectivity index (χ1n) is 9.40. The van der Waals surface area contributed by atoms with Gasteiger partial charge in [-0.25, -0.2) is 18.4 Å². The number of sulfonamides is 1. The first kappa shape index (κ1) is 22.4. The molecular formula is C21H24N4O5S. The van der Waals surface area contributed by atoms with Crippen LogP contribution in [0.5, 0.6) is 11.6 Å². The van der Waals surface area contributed by atoms with E-state index >= 15 is 0 Å². The molecule has 0 fully saturated rings. The van der Waals surface area contributed by atoms with E-state index in [4.69, 9.17) is 9.47 Å². The molecule has 2 N–H and O–H groups in total. The van der Waals surface area contributed by atoms with Gasteiger partial charge in [0.05, 0.1) is 18.4 Å². The van der Waals surface area contributed by atoms with E-state index in [1.165, 1.54) is 31.6 Å². The zero-order valence-corrected chi connectivity index (χ0v) is 18.5. The molecule has 0 aliphatic heterocycles. The highest BCUT2D eigenvalue weighted by Crippen LogP contribution is 2.31. The van der Waals surface area contributed by atoms with Crippen molar-refractivity contribution in [2.24, 2.45) is 0 Å². The maximum atomic E-state index is 12.7. The number of nitrogens with zero attached hydrogens (tertiary/aromatic N) is 3. The smallest absolute Gasteiger partial charge is 0.264 e. The van der Waals surface area contributed by atoms with E-state index in [1.54, 1.807) is 45.0 Å². The highest BCUT2D eigenvalue weighted by Gasteiger charge is 2.20. The highest BCUT2D eigenvalue weighted by molar-refractivity contribution is 7.92. The topological polar surface area (TPSA) is 124 Å². The van der Waals surface area contributed by atoms with E-state index in [0.29, 0.717) is 22.7 Å². The number of methoxy groups -OCH3 is 1. The van der Waals surface area contributed by atoms with Crippen molar-refractivity contribution in [3.63, 3.8) is 0 Å². The van der Waals surface area contributed by atoms with Crippen LogP contribution in [0.3, 0.4) is 0 Å². The second kappa shape index (κ2) is 8.86. The van der Waals surface area contributed by atoms with Crippen LogP contribution in [0.2, 0.25) is 0 Å². The van der Waals surface area contributed by atoms with E-state index in [2.05, 4.69) is 19.7 Å². The Balaban J connectivity index is 1.92. The van der Waals surface area contributed by atoms with Crippen LogP contribution >= 0.6 is 0 Å². The lowest BCUT2D eigenvalue weighted by Crippen LogP contribution is -2.27. The Morgan fingerprint density at radius 3 is 2.42 bits per heavy atom. The van der Waals surface area contributed by atoms with Crippen LogP contribution in [-0.2, 0) is 10.0 Å². The summed E-state index contributed by atoms with van der Waals surface area (Å²) in [5.74, 6) is 0.913. The molecule has 0 bridgehead atoms. The number of aryl methyl sites for hydroxylation is 1. The Bertz CT molecular complexity index is 1140. The van der Waals surface area contributed by atoms with Crippen molar-refractivity contribution in [1.82, 2.24) is 15.0 Å². The van der Waals surface area contributed by atoms with E-state index in [0.717, 1.165) is 0 Å². The molecular weight excluding hydrogens is 420 g/mol. The Morgan fingerprint density at radius 1 is 1.13 bits per heavy atom. The number of pyridine rings is 1. The van der Waals surface area contributed by atoms with Crippen LogP contribution < -0.4 is 14.2 Å². The summed E-state index contributed by atoms with van der Waals surface area (Å²) in [6.07, 6.45) is 2.74. The van der Waals surface area contributed by atoms with E-state index in [9.17, 15) is 13.5 Å². The molecule has 0 amide bonds. The molecule has 0 atom stereocenters. The maximum Gasteiger partial charge on any atom is 0.264 e. The molecule has 164 valence electrons. The largest absolute Gasteiger partial charge is 0.491 e. The summed E-state index contributed by atoms with van der Waals surface area (Å²) >= 11 is 0. The third-order valence-corrected chi connectivity index (χ3v) is 5.45. The normalized spacial score (nSPS) is 11.8. The van der Waals surface area contributed by atoms with E-state index < -0.39 is 15.6 Å². The third kappa shape index (κ3) is 5.68. The molecule has 3 aromatic rings. The summed E-state index contributed by atoms with van der Waals surface area (Å²) in [4.78, 5) is 12.7. The van der Waals surface area contributed by atoms with Gasteiger partial charge in [-0.1, -0.05) is 0 Å². The Morgan fingerprint density at radius 2 is 1.84 bits per heavy atom. The fourth-order valence-electron chi connectivity index (χ4n) is 2.59. The number of hydrogen-bond donors (Lipinski definition) is 2. The SMILES string of the molecule is COc1nc(C)c(NS(=O)(=O)c2cccnc2)nc1-c1ccc(OCC(C)(C)O)cc1. The van der Waals surface area contributed by atoms with E-state index in [-0.39, 0.29) is 23.2 Å². The quantitative estimate of drug-likeness (QED) is 0.544. The van der Waals surface area contributed by atoms with Gasteiger partial charge in [0.2, 0.25) is 5.88 Å². The van der Waals surface area contributed by atoms with Gasteiger partial charge in [-0.05, 0) is 57.2 Å². The first-order chi connectivity index (χ1) is 14.6. The number of rotatable bonds is 8. The molecule has 0 radical (unpaired) electrons. The van der Waals surface area contributed by atoms with Crippen LogP contribution in [-0.4, -0.2) is 47.8 Å². The van der Waals surface area contributed by atoms with Gasteiger partial charge < -0.3 is 14.6 Å². The molecule has 0 saturated carbocycles. The van der Waals surface area contributed by atoms with Crippen molar-refractivity contribution < 1.29 is 23.0 Å². The molecule has 0 spiro atoms. The number of aliphatic hydroxyl groups is 1. The number of aromatic nitrogens is 3. The van der Waals surface area contributed by atoms with Crippen molar-refractivity contribution in [1.29, 1.82) is 0 Å². The average Bonchev–Trinajstić information content (AvgIpc) is 2.74. The maximum absolute atomic E-state index is 12.7. The minimum Gasteiger partial charge on any atom is -0.491 e. The number of anilines is 1. The van der Waals surface area contributed by atoms with Gasteiger partial charge in [-0.15, -0.1) is 0 Å². The lowest BCUT2D eigenvalue weighted by atomic mass is 10.1. The first-order valence-corrected chi connectivity index (χ1v) is 10.9. The Labute approximate surface area is 181 Å². The summed E-state index contributed by atoms with van der Waals surface area (Å²) in [5.41, 5.74) is 0.427. The van der Waals surface area contributed by atoms with Gasteiger partial charge in [-0.3, -0.25) is 9.71 Å². The van der Waals surface area contributed by atoms with Crippen LogP contribution in [0.4, 0.5) is 5.82 Å². The summed E-state index contributed by atoms with van der Waals surface area (Å²) in [6, 6.07) is 9.92.